The Labute approximate surface area is 119 Å². The fraction of sp³-hybridized carbons (Fsp3) is 0.562. The average molecular weight is 275 g/mol. The first kappa shape index (κ1) is 13.4. The number of ketones is 1. The van der Waals surface area contributed by atoms with Crippen molar-refractivity contribution in [3.8, 4) is 11.5 Å². The Morgan fingerprint density at radius 3 is 2.65 bits per heavy atom. The lowest BCUT2D eigenvalue weighted by Crippen LogP contribution is -2.41. The number of benzene rings is 1. The molecule has 0 amide bonds. The van der Waals surface area contributed by atoms with Crippen LogP contribution in [-0.2, 0) is 0 Å². The zero-order valence-corrected chi connectivity index (χ0v) is 12.1. The van der Waals surface area contributed by atoms with Gasteiger partial charge in [-0.15, -0.1) is 0 Å². The maximum atomic E-state index is 12.4. The van der Waals surface area contributed by atoms with Crippen molar-refractivity contribution >= 4 is 5.78 Å². The van der Waals surface area contributed by atoms with Gasteiger partial charge in [0.15, 0.2) is 17.3 Å². The maximum Gasteiger partial charge on any atom is 0.231 e. The number of hydrogen-bond donors (Lipinski definition) is 0. The summed E-state index contributed by atoms with van der Waals surface area (Å²) >= 11 is 0. The zero-order chi connectivity index (χ0) is 14.1. The van der Waals surface area contributed by atoms with Gasteiger partial charge in [0.25, 0.3) is 0 Å². The molecule has 20 heavy (non-hydrogen) atoms. The molecule has 0 bridgehead atoms. The molecule has 108 valence electrons. The Bertz CT molecular complexity index is 504. The molecule has 2 atom stereocenters. The van der Waals surface area contributed by atoms with E-state index in [1.807, 2.05) is 12.1 Å². The van der Waals surface area contributed by atoms with Gasteiger partial charge in [0, 0.05) is 18.7 Å². The SMILES string of the molecule is CC1CC(C)CN(CC(=O)c2ccc3c(c2)OCO3)C1. The van der Waals surface area contributed by atoms with Crippen LogP contribution < -0.4 is 9.47 Å². The summed E-state index contributed by atoms with van der Waals surface area (Å²) in [6.45, 7) is 7.28. The van der Waals surface area contributed by atoms with E-state index in [1.54, 1.807) is 6.07 Å². The van der Waals surface area contributed by atoms with Crippen molar-refractivity contribution in [2.45, 2.75) is 20.3 Å². The van der Waals surface area contributed by atoms with Crippen LogP contribution in [-0.4, -0.2) is 37.1 Å². The van der Waals surface area contributed by atoms with Gasteiger partial charge in [-0.25, -0.2) is 0 Å². The molecule has 2 heterocycles. The summed E-state index contributed by atoms with van der Waals surface area (Å²) in [5, 5.41) is 0. The highest BCUT2D eigenvalue weighted by atomic mass is 16.7. The highest BCUT2D eigenvalue weighted by Crippen LogP contribution is 2.32. The second-order valence-corrected chi connectivity index (χ2v) is 6.13. The van der Waals surface area contributed by atoms with Crippen LogP contribution in [0.4, 0.5) is 0 Å². The third-order valence-electron chi connectivity index (χ3n) is 4.01. The van der Waals surface area contributed by atoms with Crippen LogP contribution in [0.3, 0.4) is 0 Å². The molecule has 0 N–H and O–H groups in total. The lowest BCUT2D eigenvalue weighted by Gasteiger charge is -2.34. The van der Waals surface area contributed by atoms with Crippen molar-refractivity contribution in [1.82, 2.24) is 4.90 Å². The highest BCUT2D eigenvalue weighted by molar-refractivity contribution is 5.98. The Morgan fingerprint density at radius 2 is 1.90 bits per heavy atom. The highest BCUT2D eigenvalue weighted by Gasteiger charge is 2.24. The number of carbonyl (C=O) groups excluding carboxylic acids is 1. The first-order chi connectivity index (χ1) is 9.61. The van der Waals surface area contributed by atoms with Crippen molar-refractivity contribution in [2.24, 2.45) is 11.8 Å². The molecule has 4 heteroatoms. The Kier molecular flexibility index (Phi) is 3.66. The quantitative estimate of drug-likeness (QED) is 0.795. The molecule has 0 aromatic heterocycles. The summed E-state index contributed by atoms with van der Waals surface area (Å²) in [6.07, 6.45) is 1.26. The van der Waals surface area contributed by atoms with Gasteiger partial charge in [-0.2, -0.15) is 0 Å². The van der Waals surface area contributed by atoms with E-state index < -0.39 is 0 Å². The zero-order valence-electron chi connectivity index (χ0n) is 12.1. The Balaban J connectivity index is 1.67. The molecule has 0 aliphatic carbocycles. The fourth-order valence-electron chi connectivity index (χ4n) is 3.29. The van der Waals surface area contributed by atoms with Gasteiger partial charge in [-0.3, -0.25) is 9.69 Å². The normalized spacial score (nSPS) is 25.7. The predicted molar refractivity (Wildman–Crippen MR) is 76.3 cm³/mol. The summed E-state index contributed by atoms with van der Waals surface area (Å²) in [6, 6.07) is 5.44. The molecule has 0 radical (unpaired) electrons. The molecule has 2 unspecified atom stereocenters. The van der Waals surface area contributed by atoms with E-state index in [4.69, 9.17) is 9.47 Å². The molecule has 1 aromatic carbocycles. The molecular weight excluding hydrogens is 254 g/mol. The number of nitrogens with zero attached hydrogens (tertiary/aromatic N) is 1. The number of piperidine rings is 1. The van der Waals surface area contributed by atoms with E-state index in [1.165, 1.54) is 6.42 Å². The second-order valence-electron chi connectivity index (χ2n) is 6.13. The topological polar surface area (TPSA) is 38.8 Å². The Hall–Kier alpha value is -1.55. The van der Waals surface area contributed by atoms with E-state index in [9.17, 15) is 4.79 Å². The first-order valence-electron chi connectivity index (χ1n) is 7.27. The number of fused-ring (bicyclic) bond motifs is 1. The molecular formula is C16H21NO3. The van der Waals surface area contributed by atoms with Crippen LogP contribution in [0.15, 0.2) is 18.2 Å². The smallest absolute Gasteiger partial charge is 0.231 e. The summed E-state index contributed by atoms with van der Waals surface area (Å²) < 4.78 is 10.6. The predicted octanol–water partition coefficient (Wildman–Crippen LogP) is 2.58. The molecule has 2 aliphatic rings. The van der Waals surface area contributed by atoms with Gasteiger partial charge in [0.05, 0.1) is 6.54 Å². The standard InChI is InChI=1S/C16H21NO3/c1-11-5-12(2)8-17(7-11)9-14(18)13-3-4-15-16(6-13)20-10-19-15/h3-4,6,11-12H,5,7-10H2,1-2H3. The summed E-state index contributed by atoms with van der Waals surface area (Å²) in [5.74, 6) is 2.90. The molecule has 3 rings (SSSR count). The van der Waals surface area contributed by atoms with E-state index in [0.29, 0.717) is 29.7 Å². The number of rotatable bonds is 3. The minimum atomic E-state index is 0.157. The largest absolute Gasteiger partial charge is 0.454 e. The van der Waals surface area contributed by atoms with Gasteiger partial charge >= 0.3 is 0 Å². The van der Waals surface area contributed by atoms with E-state index >= 15 is 0 Å². The molecule has 2 aliphatic heterocycles. The van der Waals surface area contributed by atoms with Gasteiger partial charge in [-0.1, -0.05) is 13.8 Å². The summed E-state index contributed by atoms with van der Waals surface area (Å²) in [4.78, 5) is 14.7. The van der Waals surface area contributed by atoms with E-state index in [0.717, 1.165) is 18.8 Å². The van der Waals surface area contributed by atoms with Crippen molar-refractivity contribution in [3.05, 3.63) is 23.8 Å². The number of Topliss-reactive ketones (excluding diaryl/α,β-unsaturated/α-hetero) is 1. The van der Waals surface area contributed by atoms with Gasteiger partial charge in [0.1, 0.15) is 0 Å². The van der Waals surface area contributed by atoms with Crippen molar-refractivity contribution < 1.29 is 14.3 Å². The first-order valence-corrected chi connectivity index (χ1v) is 7.27. The van der Waals surface area contributed by atoms with E-state index in [2.05, 4.69) is 18.7 Å². The molecule has 1 fully saturated rings. The number of likely N-dealkylation sites (tertiary alicyclic amines) is 1. The second kappa shape index (κ2) is 5.44. The van der Waals surface area contributed by atoms with Crippen LogP contribution in [0.1, 0.15) is 30.6 Å². The summed E-state index contributed by atoms with van der Waals surface area (Å²) in [7, 11) is 0. The van der Waals surface area contributed by atoms with Crippen molar-refractivity contribution in [1.29, 1.82) is 0 Å². The molecule has 1 saturated heterocycles. The average Bonchev–Trinajstić information content (AvgIpc) is 2.84. The summed E-state index contributed by atoms with van der Waals surface area (Å²) in [5.41, 5.74) is 0.708. The van der Waals surface area contributed by atoms with Gasteiger partial charge in [0.2, 0.25) is 6.79 Å². The number of ether oxygens (including phenoxy) is 2. The van der Waals surface area contributed by atoms with Crippen LogP contribution in [0.2, 0.25) is 0 Å². The van der Waals surface area contributed by atoms with Crippen LogP contribution in [0, 0.1) is 11.8 Å². The van der Waals surface area contributed by atoms with Gasteiger partial charge < -0.3 is 9.47 Å². The van der Waals surface area contributed by atoms with Crippen LogP contribution in [0.25, 0.3) is 0 Å². The minimum absolute atomic E-state index is 0.157. The van der Waals surface area contributed by atoms with E-state index in [-0.39, 0.29) is 12.6 Å². The van der Waals surface area contributed by atoms with Crippen molar-refractivity contribution in [3.63, 3.8) is 0 Å². The third-order valence-corrected chi connectivity index (χ3v) is 4.01. The third kappa shape index (κ3) is 2.80. The van der Waals surface area contributed by atoms with Crippen LogP contribution in [0.5, 0.6) is 11.5 Å². The Morgan fingerprint density at radius 1 is 1.20 bits per heavy atom. The maximum absolute atomic E-state index is 12.4. The molecule has 1 aromatic rings. The molecule has 0 saturated carbocycles. The molecule has 4 nitrogen and oxygen atoms in total. The lowest BCUT2D eigenvalue weighted by molar-refractivity contribution is 0.0849. The van der Waals surface area contributed by atoms with Gasteiger partial charge in [-0.05, 0) is 36.5 Å². The number of hydrogen-bond acceptors (Lipinski definition) is 4. The minimum Gasteiger partial charge on any atom is -0.454 e. The fourth-order valence-corrected chi connectivity index (χ4v) is 3.29. The number of carbonyl (C=O) groups is 1. The molecule has 0 spiro atoms. The monoisotopic (exact) mass is 275 g/mol. The lowest BCUT2D eigenvalue weighted by atomic mass is 9.91. The van der Waals surface area contributed by atoms with Crippen molar-refractivity contribution in [2.75, 3.05) is 26.4 Å². The van der Waals surface area contributed by atoms with Crippen LogP contribution >= 0.6 is 0 Å².